The Hall–Kier alpha value is -1.97. The van der Waals surface area contributed by atoms with Crippen molar-refractivity contribution in [1.29, 1.82) is 0 Å². The maximum atomic E-state index is 5.77. The molecule has 1 aliphatic heterocycles. The molecule has 0 spiro atoms. The summed E-state index contributed by atoms with van der Waals surface area (Å²) in [6.07, 6.45) is 4.38. The van der Waals surface area contributed by atoms with Gasteiger partial charge in [-0.1, -0.05) is 24.3 Å². The van der Waals surface area contributed by atoms with Crippen molar-refractivity contribution in [1.82, 2.24) is 5.32 Å². The number of nitrogens with two attached hydrogens (primary N) is 1. The lowest BCUT2D eigenvalue weighted by molar-refractivity contribution is 0.723. The van der Waals surface area contributed by atoms with Crippen molar-refractivity contribution in [3.63, 3.8) is 0 Å². The highest BCUT2D eigenvalue weighted by Gasteiger charge is 2.06. The number of hydrogen-bond donors (Lipinski definition) is 2. The SMILES string of the molecule is CC(C)NC(N)=NCc1ccc(N2CC=CC2)cc1. The Kier molecular flexibility index (Phi) is 4.44. The van der Waals surface area contributed by atoms with Gasteiger partial charge in [0.05, 0.1) is 6.54 Å². The van der Waals surface area contributed by atoms with E-state index in [1.165, 1.54) is 11.3 Å². The van der Waals surface area contributed by atoms with E-state index >= 15 is 0 Å². The maximum absolute atomic E-state index is 5.77. The highest BCUT2D eigenvalue weighted by molar-refractivity contribution is 5.78. The predicted octanol–water partition coefficient (Wildman–Crippen LogP) is 1.88. The highest BCUT2D eigenvalue weighted by Crippen LogP contribution is 2.17. The van der Waals surface area contributed by atoms with Gasteiger partial charge in [0, 0.05) is 24.8 Å². The Morgan fingerprint density at radius 1 is 1.26 bits per heavy atom. The second kappa shape index (κ2) is 6.27. The van der Waals surface area contributed by atoms with E-state index in [0.717, 1.165) is 13.1 Å². The Balaban J connectivity index is 1.91. The summed E-state index contributed by atoms with van der Waals surface area (Å²) < 4.78 is 0. The molecule has 0 fully saturated rings. The molecule has 0 aromatic heterocycles. The van der Waals surface area contributed by atoms with Crippen LogP contribution >= 0.6 is 0 Å². The van der Waals surface area contributed by atoms with Crippen LogP contribution in [0.1, 0.15) is 19.4 Å². The molecule has 0 radical (unpaired) electrons. The Bertz CT molecular complexity index is 452. The zero-order valence-corrected chi connectivity index (χ0v) is 11.6. The van der Waals surface area contributed by atoms with Crippen molar-refractivity contribution in [2.45, 2.75) is 26.4 Å². The lowest BCUT2D eigenvalue weighted by atomic mass is 10.2. The molecule has 2 rings (SSSR count). The van der Waals surface area contributed by atoms with Crippen LogP contribution in [0.5, 0.6) is 0 Å². The van der Waals surface area contributed by atoms with Gasteiger partial charge in [0.1, 0.15) is 0 Å². The minimum atomic E-state index is 0.314. The second-order valence-corrected chi connectivity index (χ2v) is 5.04. The molecule has 0 unspecified atom stereocenters. The molecule has 0 atom stereocenters. The molecule has 1 aromatic rings. The Labute approximate surface area is 115 Å². The van der Waals surface area contributed by atoms with Crippen LogP contribution in [0.15, 0.2) is 41.4 Å². The summed E-state index contributed by atoms with van der Waals surface area (Å²) in [5, 5.41) is 3.08. The van der Waals surface area contributed by atoms with Gasteiger partial charge in [0.15, 0.2) is 5.96 Å². The average molecular weight is 258 g/mol. The van der Waals surface area contributed by atoms with Crippen molar-refractivity contribution >= 4 is 11.6 Å². The molecule has 0 saturated heterocycles. The van der Waals surface area contributed by atoms with Crippen molar-refractivity contribution in [3.8, 4) is 0 Å². The molecular weight excluding hydrogens is 236 g/mol. The third kappa shape index (κ3) is 4.02. The first-order chi connectivity index (χ1) is 9.15. The molecule has 0 saturated carbocycles. The number of rotatable bonds is 4. The van der Waals surface area contributed by atoms with Crippen LogP contribution in [0.2, 0.25) is 0 Å². The van der Waals surface area contributed by atoms with Gasteiger partial charge >= 0.3 is 0 Å². The van der Waals surface area contributed by atoms with Gasteiger partial charge in [0.2, 0.25) is 0 Å². The monoisotopic (exact) mass is 258 g/mol. The van der Waals surface area contributed by atoms with E-state index < -0.39 is 0 Å². The quantitative estimate of drug-likeness (QED) is 0.492. The van der Waals surface area contributed by atoms with E-state index in [2.05, 4.69) is 51.6 Å². The fourth-order valence-corrected chi connectivity index (χ4v) is 2.02. The molecule has 19 heavy (non-hydrogen) atoms. The maximum Gasteiger partial charge on any atom is 0.189 e. The summed E-state index contributed by atoms with van der Waals surface area (Å²) >= 11 is 0. The van der Waals surface area contributed by atoms with Crippen LogP contribution in [-0.2, 0) is 6.54 Å². The predicted molar refractivity (Wildman–Crippen MR) is 81.4 cm³/mol. The highest BCUT2D eigenvalue weighted by atomic mass is 15.1. The van der Waals surface area contributed by atoms with E-state index in [9.17, 15) is 0 Å². The molecule has 0 aliphatic carbocycles. The number of nitrogens with zero attached hydrogens (tertiary/aromatic N) is 2. The fraction of sp³-hybridized carbons (Fsp3) is 0.400. The molecular formula is C15H22N4. The second-order valence-electron chi connectivity index (χ2n) is 5.04. The van der Waals surface area contributed by atoms with Crippen molar-refractivity contribution in [2.75, 3.05) is 18.0 Å². The van der Waals surface area contributed by atoms with Gasteiger partial charge in [-0.3, -0.25) is 0 Å². The molecule has 1 aromatic carbocycles. The molecule has 4 heteroatoms. The molecule has 102 valence electrons. The van der Waals surface area contributed by atoms with Gasteiger partial charge in [-0.15, -0.1) is 0 Å². The summed E-state index contributed by atoms with van der Waals surface area (Å²) in [6.45, 7) is 6.71. The number of anilines is 1. The fourth-order valence-electron chi connectivity index (χ4n) is 2.02. The van der Waals surface area contributed by atoms with Gasteiger partial charge in [0.25, 0.3) is 0 Å². The van der Waals surface area contributed by atoms with Crippen LogP contribution in [0, 0.1) is 0 Å². The average Bonchev–Trinajstić information content (AvgIpc) is 2.90. The number of guanidine groups is 1. The molecule has 0 bridgehead atoms. The Morgan fingerprint density at radius 2 is 1.89 bits per heavy atom. The minimum Gasteiger partial charge on any atom is -0.370 e. The van der Waals surface area contributed by atoms with Crippen LogP contribution in [-0.4, -0.2) is 25.1 Å². The Morgan fingerprint density at radius 3 is 2.47 bits per heavy atom. The largest absolute Gasteiger partial charge is 0.370 e. The first kappa shape index (κ1) is 13.5. The third-order valence-corrected chi connectivity index (χ3v) is 2.99. The van der Waals surface area contributed by atoms with Crippen LogP contribution in [0.4, 0.5) is 5.69 Å². The summed E-state index contributed by atoms with van der Waals surface area (Å²) in [7, 11) is 0. The smallest absolute Gasteiger partial charge is 0.189 e. The summed E-state index contributed by atoms with van der Waals surface area (Å²) in [6, 6.07) is 8.82. The normalized spacial score (nSPS) is 15.3. The van der Waals surface area contributed by atoms with Gasteiger partial charge in [-0.2, -0.15) is 0 Å². The molecule has 3 N–H and O–H groups in total. The number of aliphatic imine (C=N–C) groups is 1. The van der Waals surface area contributed by atoms with E-state index in [4.69, 9.17) is 5.73 Å². The zero-order chi connectivity index (χ0) is 13.7. The summed E-state index contributed by atoms with van der Waals surface area (Å²) in [5.74, 6) is 0.503. The van der Waals surface area contributed by atoms with E-state index in [0.29, 0.717) is 18.5 Å². The van der Waals surface area contributed by atoms with Crippen LogP contribution < -0.4 is 16.0 Å². The zero-order valence-electron chi connectivity index (χ0n) is 11.6. The van der Waals surface area contributed by atoms with Crippen molar-refractivity contribution in [2.24, 2.45) is 10.7 Å². The van der Waals surface area contributed by atoms with E-state index in [-0.39, 0.29) is 0 Å². The van der Waals surface area contributed by atoms with Gasteiger partial charge in [-0.25, -0.2) is 4.99 Å². The minimum absolute atomic E-state index is 0.314. The van der Waals surface area contributed by atoms with Crippen molar-refractivity contribution < 1.29 is 0 Å². The topological polar surface area (TPSA) is 53.6 Å². The summed E-state index contributed by atoms with van der Waals surface area (Å²) in [5.41, 5.74) is 8.20. The molecule has 1 aliphatic rings. The van der Waals surface area contributed by atoms with E-state index in [1.54, 1.807) is 0 Å². The number of benzene rings is 1. The first-order valence-electron chi connectivity index (χ1n) is 6.70. The number of hydrogen-bond acceptors (Lipinski definition) is 2. The molecule has 1 heterocycles. The first-order valence-corrected chi connectivity index (χ1v) is 6.70. The van der Waals surface area contributed by atoms with Gasteiger partial charge < -0.3 is 16.0 Å². The lowest BCUT2D eigenvalue weighted by Crippen LogP contribution is -2.36. The molecule has 4 nitrogen and oxygen atoms in total. The van der Waals surface area contributed by atoms with E-state index in [1.807, 2.05) is 13.8 Å². The van der Waals surface area contributed by atoms with Gasteiger partial charge in [-0.05, 0) is 31.5 Å². The number of nitrogens with one attached hydrogen (secondary N) is 1. The standard InChI is InChI=1S/C15H22N4/c1-12(2)18-15(16)17-11-13-5-7-14(8-6-13)19-9-3-4-10-19/h3-8,12H,9-11H2,1-2H3,(H3,16,17,18). The van der Waals surface area contributed by atoms with Crippen LogP contribution in [0.3, 0.4) is 0 Å². The van der Waals surface area contributed by atoms with Crippen LogP contribution in [0.25, 0.3) is 0 Å². The third-order valence-electron chi connectivity index (χ3n) is 2.99. The van der Waals surface area contributed by atoms with Crippen molar-refractivity contribution in [3.05, 3.63) is 42.0 Å². The molecule has 0 amide bonds. The summed E-state index contributed by atoms with van der Waals surface area (Å²) in [4.78, 5) is 6.64. The lowest BCUT2D eigenvalue weighted by Gasteiger charge is -2.17.